The summed E-state index contributed by atoms with van der Waals surface area (Å²) in [4.78, 5) is 34.5. The van der Waals surface area contributed by atoms with E-state index in [0.29, 0.717) is 40.8 Å². The van der Waals surface area contributed by atoms with Gasteiger partial charge in [-0.25, -0.2) is 4.98 Å². The smallest absolute Gasteiger partial charge is 0.181 e. The van der Waals surface area contributed by atoms with Crippen LogP contribution in [0.3, 0.4) is 0 Å². The lowest BCUT2D eigenvalue weighted by molar-refractivity contribution is 0.0914. The van der Waals surface area contributed by atoms with Gasteiger partial charge in [0.05, 0.1) is 20.3 Å². The Bertz CT molecular complexity index is 1570. The van der Waals surface area contributed by atoms with E-state index in [1.807, 2.05) is 37.4 Å². The summed E-state index contributed by atoms with van der Waals surface area (Å²) in [6.45, 7) is 6.69. The number of Topliss-reactive ketones (excluding diaryl/α,β-unsaturated/α-hetero) is 2. The predicted molar refractivity (Wildman–Crippen MR) is 148 cm³/mol. The van der Waals surface area contributed by atoms with Gasteiger partial charge in [-0.15, -0.1) is 0 Å². The first-order chi connectivity index (χ1) is 18.7. The molecule has 0 saturated heterocycles. The molecule has 0 saturated carbocycles. The number of aliphatic hydroxyl groups excluding tert-OH is 1. The molecule has 0 fully saturated rings. The minimum absolute atomic E-state index is 0.0173. The van der Waals surface area contributed by atoms with Crippen molar-refractivity contribution < 1.29 is 28.9 Å². The molecule has 8 heteroatoms. The van der Waals surface area contributed by atoms with Gasteiger partial charge in [0.1, 0.15) is 23.7 Å². The summed E-state index contributed by atoms with van der Waals surface area (Å²) in [5, 5.41) is 10.0. The number of carbonyl (C=O) groups excluding carboxylic acids is 2. The number of hydrogen-bond donors (Lipinski definition) is 2. The normalized spacial score (nSPS) is 13.7. The van der Waals surface area contributed by atoms with Crippen molar-refractivity contribution in [1.82, 2.24) is 9.97 Å². The Balaban J connectivity index is 1.42. The van der Waals surface area contributed by atoms with Crippen LogP contribution in [-0.2, 0) is 5.41 Å². The molecular formula is C31H32N2O6. The fourth-order valence-electron chi connectivity index (χ4n) is 4.96. The Hall–Kier alpha value is -4.17. The third-order valence-electron chi connectivity index (χ3n) is 7.16. The molecule has 8 nitrogen and oxygen atoms in total. The highest BCUT2D eigenvalue weighted by molar-refractivity contribution is 6.03. The maximum absolute atomic E-state index is 13.4. The minimum atomic E-state index is -0.281. The van der Waals surface area contributed by atoms with Crippen LogP contribution in [0.2, 0.25) is 0 Å². The van der Waals surface area contributed by atoms with Gasteiger partial charge in [0, 0.05) is 52.0 Å². The Kier molecular flexibility index (Phi) is 7.14. The number of nitrogens with zero attached hydrogens (tertiary/aromatic N) is 1. The number of hydrogen-bond acceptors (Lipinski definition) is 7. The Morgan fingerprint density at radius 3 is 2.67 bits per heavy atom. The molecular weight excluding hydrogens is 496 g/mol. The van der Waals surface area contributed by atoms with Crippen molar-refractivity contribution in [2.45, 2.75) is 39.0 Å². The second-order valence-electron chi connectivity index (χ2n) is 10.4. The molecule has 2 aromatic heterocycles. The number of methoxy groups -OCH3 is 1. The summed E-state index contributed by atoms with van der Waals surface area (Å²) in [5.74, 6) is 1.13. The van der Waals surface area contributed by atoms with Crippen molar-refractivity contribution in [3.05, 3.63) is 71.0 Å². The second kappa shape index (κ2) is 10.5. The average Bonchev–Trinajstić information content (AvgIpc) is 3.51. The van der Waals surface area contributed by atoms with Crippen LogP contribution < -0.4 is 14.2 Å². The zero-order chi connectivity index (χ0) is 27.7. The molecule has 0 radical (unpaired) electrons. The molecule has 2 aromatic carbocycles. The number of aliphatic hydroxyl groups is 1. The van der Waals surface area contributed by atoms with E-state index < -0.39 is 0 Å². The van der Waals surface area contributed by atoms with Crippen LogP contribution in [0, 0.1) is 6.92 Å². The van der Waals surface area contributed by atoms with Crippen LogP contribution in [0.15, 0.2) is 48.7 Å². The summed E-state index contributed by atoms with van der Waals surface area (Å²) in [5.41, 5.74) is 5.04. The second-order valence-corrected chi connectivity index (χ2v) is 10.4. The first-order valence-corrected chi connectivity index (χ1v) is 13.0. The molecule has 3 heterocycles. The molecule has 2 N–H and O–H groups in total. The predicted octanol–water partition coefficient (Wildman–Crippen LogP) is 5.43. The van der Waals surface area contributed by atoms with Crippen molar-refractivity contribution in [3.8, 4) is 28.5 Å². The number of aromatic nitrogens is 2. The lowest BCUT2D eigenvalue weighted by Crippen LogP contribution is -2.19. The first kappa shape index (κ1) is 26.4. The molecule has 0 aliphatic carbocycles. The third kappa shape index (κ3) is 5.00. The topological polar surface area (TPSA) is 111 Å². The lowest BCUT2D eigenvalue weighted by Gasteiger charge is -2.16. The summed E-state index contributed by atoms with van der Waals surface area (Å²) in [6.07, 6.45) is 1.95. The van der Waals surface area contributed by atoms with Gasteiger partial charge in [-0.2, -0.15) is 0 Å². The van der Waals surface area contributed by atoms with Gasteiger partial charge in [0.25, 0.3) is 0 Å². The first-order valence-electron chi connectivity index (χ1n) is 13.0. The van der Waals surface area contributed by atoms with E-state index in [4.69, 9.17) is 24.3 Å². The van der Waals surface area contributed by atoms with Gasteiger partial charge in [-0.1, -0.05) is 32.0 Å². The molecule has 0 unspecified atom stereocenters. The van der Waals surface area contributed by atoms with Crippen molar-refractivity contribution in [2.75, 3.05) is 26.9 Å². The van der Waals surface area contributed by atoms with Crippen LogP contribution in [0.25, 0.3) is 22.2 Å². The average molecular weight is 529 g/mol. The largest absolute Gasteiger partial charge is 0.493 e. The van der Waals surface area contributed by atoms with Crippen molar-refractivity contribution in [1.29, 1.82) is 0 Å². The number of pyridine rings is 1. The number of rotatable bonds is 10. The van der Waals surface area contributed by atoms with E-state index in [-0.39, 0.29) is 43.0 Å². The molecule has 4 aromatic rings. The fourth-order valence-corrected chi connectivity index (χ4v) is 4.96. The van der Waals surface area contributed by atoms with E-state index in [1.165, 1.54) is 7.11 Å². The highest BCUT2D eigenvalue weighted by atomic mass is 16.5. The van der Waals surface area contributed by atoms with E-state index in [0.717, 1.165) is 27.6 Å². The van der Waals surface area contributed by atoms with Crippen molar-refractivity contribution >= 4 is 22.5 Å². The highest BCUT2D eigenvalue weighted by Gasteiger charge is 2.36. The third-order valence-corrected chi connectivity index (χ3v) is 7.16. The number of ketones is 2. The zero-order valence-electron chi connectivity index (χ0n) is 22.6. The molecule has 1 aliphatic heterocycles. The number of carbonyl (C=O) groups is 2. The van der Waals surface area contributed by atoms with Crippen molar-refractivity contribution in [3.63, 3.8) is 0 Å². The number of aromatic amines is 1. The quantitative estimate of drug-likeness (QED) is 0.264. The van der Waals surface area contributed by atoms with Crippen LogP contribution in [0.4, 0.5) is 0 Å². The standard InChI is InChI=1S/C31H32N2O6/c1-18-6-5-7-20-21(16-32-28(18)20)29-30-22(31(2,3)17-39-30)15-23(33-29)25(36)10-9-24(35)19-8-11-26(38-13-12-34)27(14-19)37-4/h5-8,11,14-16,32,34H,9-10,12-13,17H2,1-4H3. The molecule has 202 valence electrons. The van der Waals surface area contributed by atoms with Gasteiger partial charge in [-0.05, 0) is 36.8 Å². The minimum Gasteiger partial charge on any atom is -0.493 e. The number of H-pyrrole nitrogens is 1. The fraction of sp³-hybridized carbons (Fsp3) is 0.323. The van der Waals surface area contributed by atoms with E-state index in [2.05, 4.69) is 18.8 Å². The van der Waals surface area contributed by atoms with E-state index in [1.54, 1.807) is 18.2 Å². The van der Waals surface area contributed by atoms with Crippen LogP contribution in [0.1, 0.15) is 58.7 Å². The van der Waals surface area contributed by atoms with Gasteiger partial charge in [-0.3, -0.25) is 9.59 Å². The number of nitrogens with one attached hydrogen (secondary N) is 1. The Morgan fingerprint density at radius 2 is 1.90 bits per heavy atom. The molecule has 39 heavy (non-hydrogen) atoms. The zero-order valence-corrected chi connectivity index (χ0v) is 22.6. The van der Waals surface area contributed by atoms with Crippen LogP contribution in [-0.4, -0.2) is 53.6 Å². The van der Waals surface area contributed by atoms with Gasteiger partial charge < -0.3 is 24.3 Å². The maximum atomic E-state index is 13.4. The lowest BCUT2D eigenvalue weighted by atomic mass is 9.85. The van der Waals surface area contributed by atoms with Gasteiger partial charge in [0.2, 0.25) is 0 Å². The van der Waals surface area contributed by atoms with Crippen molar-refractivity contribution in [2.24, 2.45) is 0 Å². The van der Waals surface area contributed by atoms with Gasteiger partial charge in [0.15, 0.2) is 23.1 Å². The number of ether oxygens (including phenoxy) is 3. The van der Waals surface area contributed by atoms with E-state index in [9.17, 15) is 9.59 Å². The highest BCUT2D eigenvalue weighted by Crippen LogP contribution is 2.45. The Labute approximate surface area is 226 Å². The van der Waals surface area contributed by atoms with Crippen LogP contribution >= 0.6 is 0 Å². The summed E-state index contributed by atoms with van der Waals surface area (Å²) < 4.78 is 16.9. The number of benzene rings is 2. The summed E-state index contributed by atoms with van der Waals surface area (Å²) in [7, 11) is 1.48. The monoisotopic (exact) mass is 528 g/mol. The SMILES string of the molecule is COc1cc(C(=O)CCC(=O)c2cc3c(c(-c4c[nH]c5c(C)cccc45)n2)OCC3(C)C)ccc1OCCO. The molecule has 5 rings (SSSR count). The molecule has 1 aliphatic rings. The number of aryl methyl sites for hydroxylation is 1. The van der Waals surface area contributed by atoms with Gasteiger partial charge >= 0.3 is 0 Å². The maximum Gasteiger partial charge on any atom is 0.181 e. The molecule has 0 amide bonds. The molecule has 0 spiro atoms. The number of para-hydroxylation sites is 1. The van der Waals surface area contributed by atoms with E-state index >= 15 is 0 Å². The Morgan fingerprint density at radius 1 is 1.10 bits per heavy atom. The number of fused-ring (bicyclic) bond motifs is 2. The summed E-state index contributed by atoms with van der Waals surface area (Å²) >= 11 is 0. The molecule has 0 atom stereocenters. The van der Waals surface area contributed by atoms with Crippen LogP contribution in [0.5, 0.6) is 17.2 Å². The molecule has 0 bridgehead atoms. The summed E-state index contributed by atoms with van der Waals surface area (Å²) in [6, 6.07) is 12.7.